The number of rotatable bonds is 8. The lowest BCUT2D eigenvalue weighted by molar-refractivity contribution is 0.445. The van der Waals surface area contributed by atoms with Crippen molar-refractivity contribution >= 4 is 32.7 Å². The van der Waals surface area contributed by atoms with Crippen LogP contribution in [0.4, 0.5) is 5.13 Å². The number of nitrogens with one attached hydrogen (secondary N) is 1. The SMILES string of the molecule is CCN(CC)S(=O)(=O)c1ccc(-c2csc(N/N=C/c3ccc(C(C)(C)C)cc3)n2)cc1. The standard InChI is InChI=1S/C24H30N4O2S2/c1-6-28(7-2)32(29,30)21-14-10-19(11-15-21)22-17-31-23(26-22)27-25-16-18-8-12-20(13-9-18)24(3,4)5/h8-17H,6-7H2,1-5H3,(H,26,27)/b25-16+. The van der Waals surface area contributed by atoms with E-state index in [1.54, 1.807) is 30.5 Å². The van der Waals surface area contributed by atoms with Crippen LogP contribution in [0, 0.1) is 0 Å². The van der Waals surface area contributed by atoms with Gasteiger partial charge in [0.2, 0.25) is 15.2 Å². The topological polar surface area (TPSA) is 74.7 Å². The summed E-state index contributed by atoms with van der Waals surface area (Å²) in [5, 5.41) is 6.87. The Morgan fingerprint density at radius 1 is 1.03 bits per heavy atom. The van der Waals surface area contributed by atoms with Crippen LogP contribution in [0.1, 0.15) is 45.7 Å². The van der Waals surface area contributed by atoms with Gasteiger partial charge >= 0.3 is 0 Å². The lowest BCUT2D eigenvalue weighted by Gasteiger charge is -2.18. The smallest absolute Gasteiger partial charge is 0.243 e. The number of hydrogen-bond donors (Lipinski definition) is 1. The Labute approximate surface area is 195 Å². The van der Waals surface area contributed by atoms with Gasteiger partial charge in [0.1, 0.15) is 0 Å². The number of benzene rings is 2. The molecule has 0 aliphatic rings. The summed E-state index contributed by atoms with van der Waals surface area (Å²) >= 11 is 1.44. The van der Waals surface area contributed by atoms with Crippen molar-refractivity contribution in [3.8, 4) is 11.3 Å². The summed E-state index contributed by atoms with van der Waals surface area (Å²) in [5.74, 6) is 0. The average Bonchev–Trinajstić information content (AvgIpc) is 3.23. The summed E-state index contributed by atoms with van der Waals surface area (Å²) in [4.78, 5) is 4.84. The Bertz CT molecular complexity index is 1160. The van der Waals surface area contributed by atoms with Gasteiger partial charge in [-0.1, -0.05) is 71.0 Å². The maximum atomic E-state index is 12.6. The molecule has 8 heteroatoms. The second kappa shape index (κ2) is 9.94. The number of nitrogens with zero attached hydrogens (tertiary/aromatic N) is 3. The van der Waals surface area contributed by atoms with Gasteiger partial charge in [0.15, 0.2) is 0 Å². The first kappa shape index (κ1) is 24.1. The van der Waals surface area contributed by atoms with Crippen molar-refractivity contribution in [2.24, 2.45) is 5.10 Å². The monoisotopic (exact) mass is 470 g/mol. The van der Waals surface area contributed by atoms with E-state index in [1.165, 1.54) is 21.2 Å². The molecule has 32 heavy (non-hydrogen) atoms. The predicted molar refractivity (Wildman–Crippen MR) is 134 cm³/mol. The van der Waals surface area contributed by atoms with E-state index in [2.05, 4.69) is 48.4 Å². The molecule has 1 aromatic heterocycles. The molecule has 0 amide bonds. The summed E-state index contributed by atoms with van der Waals surface area (Å²) in [5.41, 5.74) is 7.01. The van der Waals surface area contributed by atoms with Gasteiger partial charge in [-0.05, 0) is 28.7 Å². The predicted octanol–water partition coefficient (Wildman–Crippen LogP) is 5.58. The molecule has 1 N–H and O–H groups in total. The summed E-state index contributed by atoms with van der Waals surface area (Å²) in [6.45, 7) is 11.1. The number of hydrazone groups is 1. The first-order valence-corrected chi connectivity index (χ1v) is 12.9. The quantitative estimate of drug-likeness (QED) is 0.344. The van der Waals surface area contributed by atoms with Crippen LogP contribution in [-0.4, -0.2) is 37.0 Å². The molecular formula is C24H30N4O2S2. The maximum absolute atomic E-state index is 12.6. The molecule has 170 valence electrons. The van der Waals surface area contributed by atoms with Gasteiger partial charge in [0.25, 0.3) is 0 Å². The fourth-order valence-electron chi connectivity index (χ4n) is 3.20. The van der Waals surface area contributed by atoms with Crippen LogP contribution in [0.15, 0.2) is 63.9 Å². The Morgan fingerprint density at radius 3 is 2.22 bits per heavy atom. The maximum Gasteiger partial charge on any atom is 0.243 e. The Balaban J connectivity index is 1.66. The van der Waals surface area contributed by atoms with E-state index in [0.717, 1.165) is 16.8 Å². The fraction of sp³-hybridized carbons (Fsp3) is 0.333. The lowest BCUT2D eigenvalue weighted by Crippen LogP contribution is -2.30. The zero-order valence-electron chi connectivity index (χ0n) is 19.2. The molecule has 0 aliphatic heterocycles. The average molecular weight is 471 g/mol. The third kappa shape index (κ3) is 5.62. The van der Waals surface area contributed by atoms with Crippen LogP contribution >= 0.6 is 11.3 Å². The van der Waals surface area contributed by atoms with E-state index >= 15 is 0 Å². The summed E-state index contributed by atoms with van der Waals surface area (Å²) < 4.78 is 26.7. The minimum atomic E-state index is -3.46. The lowest BCUT2D eigenvalue weighted by atomic mass is 9.87. The molecule has 0 saturated heterocycles. The highest BCUT2D eigenvalue weighted by Gasteiger charge is 2.21. The minimum absolute atomic E-state index is 0.124. The van der Waals surface area contributed by atoms with E-state index < -0.39 is 10.0 Å². The Morgan fingerprint density at radius 2 is 1.66 bits per heavy atom. The van der Waals surface area contributed by atoms with Crippen LogP contribution in [0.25, 0.3) is 11.3 Å². The van der Waals surface area contributed by atoms with Crippen molar-refractivity contribution in [3.63, 3.8) is 0 Å². The van der Waals surface area contributed by atoms with Gasteiger partial charge in [-0.15, -0.1) is 11.3 Å². The van der Waals surface area contributed by atoms with E-state index in [9.17, 15) is 8.42 Å². The normalized spacial score (nSPS) is 12.6. The molecule has 3 aromatic rings. The second-order valence-corrected chi connectivity index (χ2v) is 11.2. The first-order valence-electron chi connectivity index (χ1n) is 10.6. The van der Waals surface area contributed by atoms with Crippen molar-refractivity contribution in [1.82, 2.24) is 9.29 Å². The van der Waals surface area contributed by atoms with Gasteiger partial charge in [-0.2, -0.15) is 9.41 Å². The molecule has 0 radical (unpaired) electrons. The van der Waals surface area contributed by atoms with E-state index in [-0.39, 0.29) is 5.41 Å². The van der Waals surface area contributed by atoms with Crippen molar-refractivity contribution in [2.75, 3.05) is 18.5 Å². The van der Waals surface area contributed by atoms with Crippen molar-refractivity contribution < 1.29 is 8.42 Å². The Hall–Kier alpha value is -2.55. The molecule has 0 aliphatic carbocycles. The molecule has 0 unspecified atom stereocenters. The van der Waals surface area contributed by atoms with Crippen LogP contribution in [0.5, 0.6) is 0 Å². The summed E-state index contributed by atoms with van der Waals surface area (Å²) in [7, 11) is -3.46. The van der Waals surface area contributed by atoms with Crippen LogP contribution < -0.4 is 5.43 Å². The third-order valence-corrected chi connectivity index (χ3v) is 7.96. The van der Waals surface area contributed by atoms with Gasteiger partial charge in [0, 0.05) is 24.0 Å². The molecule has 6 nitrogen and oxygen atoms in total. The largest absolute Gasteiger partial charge is 0.253 e. The molecular weight excluding hydrogens is 440 g/mol. The zero-order chi connectivity index (χ0) is 23.4. The first-order chi connectivity index (χ1) is 15.1. The van der Waals surface area contributed by atoms with Gasteiger partial charge < -0.3 is 0 Å². The fourth-order valence-corrected chi connectivity index (χ4v) is 5.33. The van der Waals surface area contributed by atoms with Crippen molar-refractivity contribution in [2.45, 2.75) is 44.9 Å². The molecule has 0 bridgehead atoms. The Kier molecular flexibility index (Phi) is 7.48. The van der Waals surface area contributed by atoms with E-state index in [4.69, 9.17) is 0 Å². The molecule has 2 aromatic carbocycles. The highest BCUT2D eigenvalue weighted by atomic mass is 32.2. The van der Waals surface area contributed by atoms with E-state index in [1.807, 2.05) is 31.4 Å². The van der Waals surface area contributed by atoms with Crippen LogP contribution in [-0.2, 0) is 15.4 Å². The minimum Gasteiger partial charge on any atom is -0.253 e. The molecule has 0 spiro atoms. The summed E-state index contributed by atoms with van der Waals surface area (Å²) in [6, 6.07) is 15.2. The highest BCUT2D eigenvalue weighted by Crippen LogP contribution is 2.27. The van der Waals surface area contributed by atoms with Crippen molar-refractivity contribution in [1.29, 1.82) is 0 Å². The number of sulfonamides is 1. The molecule has 0 saturated carbocycles. The van der Waals surface area contributed by atoms with Gasteiger partial charge in [-0.3, -0.25) is 5.43 Å². The second-order valence-electron chi connectivity index (χ2n) is 8.39. The number of hydrogen-bond acceptors (Lipinski definition) is 6. The number of anilines is 1. The third-order valence-electron chi connectivity index (χ3n) is 5.15. The van der Waals surface area contributed by atoms with Crippen LogP contribution in [0.2, 0.25) is 0 Å². The molecule has 0 atom stereocenters. The zero-order valence-corrected chi connectivity index (χ0v) is 20.8. The van der Waals surface area contributed by atoms with Gasteiger partial charge in [-0.25, -0.2) is 13.4 Å². The number of thiazole rings is 1. The number of aromatic nitrogens is 1. The van der Waals surface area contributed by atoms with Crippen LogP contribution in [0.3, 0.4) is 0 Å². The van der Waals surface area contributed by atoms with Gasteiger partial charge in [0.05, 0.1) is 16.8 Å². The highest BCUT2D eigenvalue weighted by molar-refractivity contribution is 7.89. The summed E-state index contributed by atoms with van der Waals surface area (Å²) in [6.07, 6.45) is 1.76. The molecule has 0 fully saturated rings. The van der Waals surface area contributed by atoms with Crippen molar-refractivity contribution in [3.05, 3.63) is 65.0 Å². The van der Waals surface area contributed by atoms with E-state index in [0.29, 0.717) is 23.1 Å². The molecule has 1 heterocycles. The molecule has 3 rings (SSSR count).